The van der Waals surface area contributed by atoms with Crippen molar-refractivity contribution >= 4 is 10.0 Å². The molecular formula is C16H17F2NO3S. The molecule has 0 atom stereocenters. The van der Waals surface area contributed by atoms with Gasteiger partial charge in [0.15, 0.2) is 11.6 Å². The first-order chi connectivity index (χ1) is 10.9. The molecule has 0 fully saturated rings. The monoisotopic (exact) mass is 341 g/mol. The molecule has 0 amide bonds. The van der Waals surface area contributed by atoms with Crippen molar-refractivity contribution in [3.05, 3.63) is 65.2 Å². The van der Waals surface area contributed by atoms with Crippen LogP contribution in [0.15, 0.2) is 42.5 Å². The lowest BCUT2D eigenvalue weighted by Gasteiger charge is -2.08. The van der Waals surface area contributed by atoms with Crippen LogP contribution < -0.4 is 9.46 Å². The highest BCUT2D eigenvalue weighted by atomic mass is 32.2. The van der Waals surface area contributed by atoms with Crippen molar-refractivity contribution < 1.29 is 21.9 Å². The average Bonchev–Trinajstić information content (AvgIpc) is 2.49. The van der Waals surface area contributed by atoms with E-state index in [-0.39, 0.29) is 18.0 Å². The third kappa shape index (κ3) is 5.30. The Bertz CT molecular complexity index is 761. The minimum absolute atomic E-state index is 0.144. The standard InChI is InChI=1S/C16H17F2NO3S/c1-22-16-7-4-12(10-15(16)18)8-9-19-23(20,21)11-13-2-5-14(17)6-3-13/h2-7,10,19H,8-9,11H2,1H3. The first kappa shape index (κ1) is 17.4. The zero-order chi connectivity index (χ0) is 16.9. The largest absolute Gasteiger partial charge is 0.494 e. The molecule has 0 bridgehead atoms. The minimum Gasteiger partial charge on any atom is -0.494 e. The number of ether oxygens (including phenoxy) is 1. The van der Waals surface area contributed by atoms with E-state index in [1.54, 1.807) is 6.07 Å². The zero-order valence-electron chi connectivity index (χ0n) is 12.6. The van der Waals surface area contributed by atoms with Crippen LogP contribution in [0.3, 0.4) is 0 Å². The maximum atomic E-state index is 13.5. The van der Waals surface area contributed by atoms with Crippen molar-refractivity contribution in [1.29, 1.82) is 0 Å². The van der Waals surface area contributed by atoms with Crippen molar-refractivity contribution in [1.82, 2.24) is 4.72 Å². The third-order valence-electron chi connectivity index (χ3n) is 3.22. The molecule has 0 saturated carbocycles. The molecule has 0 saturated heterocycles. The molecule has 124 valence electrons. The number of methoxy groups -OCH3 is 1. The van der Waals surface area contributed by atoms with E-state index in [2.05, 4.69) is 4.72 Å². The number of benzene rings is 2. The van der Waals surface area contributed by atoms with Crippen molar-refractivity contribution in [2.45, 2.75) is 12.2 Å². The van der Waals surface area contributed by atoms with Crippen LogP contribution in [0.5, 0.6) is 5.75 Å². The molecule has 0 aliphatic carbocycles. The lowest BCUT2D eigenvalue weighted by molar-refractivity contribution is 0.386. The van der Waals surface area contributed by atoms with Gasteiger partial charge in [-0.3, -0.25) is 0 Å². The molecule has 0 heterocycles. The van der Waals surface area contributed by atoms with E-state index in [9.17, 15) is 17.2 Å². The molecule has 23 heavy (non-hydrogen) atoms. The van der Waals surface area contributed by atoms with Gasteiger partial charge in [-0.2, -0.15) is 0 Å². The summed E-state index contributed by atoms with van der Waals surface area (Å²) < 4.78 is 57.5. The van der Waals surface area contributed by atoms with E-state index >= 15 is 0 Å². The molecular weight excluding hydrogens is 324 g/mol. The van der Waals surface area contributed by atoms with Crippen LogP contribution >= 0.6 is 0 Å². The van der Waals surface area contributed by atoms with Gasteiger partial charge >= 0.3 is 0 Å². The van der Waals surface area contributed by atoms with Gasteiger partial charge in [-0.05, 0) is 41.8 Å². The van der Waals surface area contributed by atoms with Gasteiger partial charge in [0.05, 0.1) is 12.9 Å². The van der Waals surface area contributed by atoms with Crippen LogP contribution in [0.2, 0.25) is 0 Å². The quantitative estimate of drug-likeness (QED) is 0.842. The van der Waals surface area contributed by atoms with E-state index in [1.807, 2.05) is 0 Å². The van der Waals surface area contributed by atoms with E-state index in [0.29, 0.717) is 17.5 Å². The molecule has 0 unspecified atom stereocenters. The Morgan fingerprint density at radius 2 is 1.70 bits per heavy atom. The topological polar surface area (TPSA) is 55.4 Å². The molecule has 0 aliphatic heterocycles. The maximum Gasteiger partial charge on any atom is 0.215 e. The third-order valence-corrected chi connectivity index (χ3v) is 4.58. The number of nitrogens with one attached hydrogen (secondary N) is 1. The second-order valence-electron chi connectivity index (χ2n) is 5.00. The Hall–Kier alpha value is -1.99. The van der Waals surface area contributed by atoms with E-state index < -0.39 is 21.7 Å². The summed E-state index contributed by atoms with van der Waals surface area (Å²) in [7, 11) is -2.15. The lowest BCUT2D eigenvalue weighted by Crippen LogP contribution is -2.27. The Morgan fingerprint density at radius 3 is 2.30 bits per heavy atom. The lowest BCUT2D eigenvalue weighted by atomic mass is 10.1. The first-order valence-corrected chi connectivity index (χ1v) is 8.59. The van der Waals surface area contributed by atoms with Gasteiger partial charge in [0.1, 0.15) is 5.82 Å². The van der Waals surface area contributed by atoms with Crippen LogP contribution in [0.1, 0.15) is 11.1 Å². The normalized spacial score (nSPS) is 11.4. The molecule has 2 aromatic carbocycles. The molecule has 0 radical (unpaired) electrons. The number of halogens is 2. The van der Waals surface area contributed by atoms with Crippen LogP contribution in [0.4, 0.5) is 8.78 Å². The van der Waals surface area contributed by atoms with Crippen LogP contribution in [0, 0.1) is 11.6 Å². The van der Waals surface area contributed by atoms with E-state index in [4.69, 9.17) is 4.74 Å². The van der Waals surface area contributed by atoms with Crippen LogP contribution in [0.25, 0.3) is 0 Å². The SMILES string of the molecule is COc1ccc(CCNS(=O)(=O)Cc2ccc(F)cc2)cc1F. The van der Waals surface area contributed by atoms with Gasteiger partial charge < -0.3 is 4.74 Å². The predicted octanol–water partition coefficient (Wildman–Crippen LogP) is 2.64. The minimum atomic E-state index is -3.53. The van der Waals surface area contributed by atoms with E-state index in [1.165, 1.54) is 43.5 Å². The summed E-state index contributed by atoms with van der Waals surface area (Å²) in [5.41, 5.74) is 1.15. The van der Waals surface area contributed by atoms with Crippen molar-refractivity contribution in [2.75, 3.05) is 13.7 Å². The highest BCUT2D eigenvalue weighted by molar-refractivity contribution is 7.88. The molecule has 0 aliphatic rings. The Balaban J connectivity index is 1.89. The highest BCUT2D eigenvalue weighted by Gasteiger charge is 2.11. The number of hydrogen-bond acceptors (Lipinski definition) is 3. The summed E-state index contributed by atoms with van der Waals surface area (Å²) in [6.45, 7) is 0.148. The predicted molar refractivity (Wildman–Crippen MR) is 83.7 cm³/mol. The molecule has 2 rings (SSSR count). The van der Waals surface area contributed by atoms with Gasteiger partial charge in [0, 0.05) is 6.54 Å². The summed E-state index contributed by atoms with van der Waals surface area (Å²) in [4.78, 5) is 0. The van der Waals surface area contributed by atoms with Crippen molar-refractivity contribution in [3.63, 3.8) is 0 Å². The van der Waals surface area contributed by atoms with Crippen LogP contribution in [-0.4, -0.2) is 22.1 Å². The van der Waals surface area contributed by atoms with Gasteiger partial charge in [-0.15, -0.1) is 0 Å². The fraction of sp³-hybridized carbons (Fsp3) is 0.250. The Labute approximate surface area is 134 Å². The summed E-state index contributed by atoms with van der Waals surface area (Å²) in [5, 5.41) is 0. The van der Waals surface area contributed by atoms with E-state index in [0.717, 1.165) is 0 Å². The Kier molecular flexibility index (Phi) is 5.68. The highest BCUT2D eigenvalue weighted by Crippen LogP contribution is 2.17. The first-order valence-electron chi connectivity index (χ1n) is 6.94. The molecule has 0 spiro atoms. The molecule has 0 aromatic heterocycles. The molecule has 2 aromatic rings. The second kappa shape index (κ2) is 7.52. The summed E-state index contributed by atoms with van der Waals surface area (Å²) in [5.74, 6) is -0.991. The number of rotatable bonds is 7. The number of hydrogen-bond donors (Lipinski definition) is 1. The fourth-order valence-corrected chi connectivity index (χ4v) is 3.21. The van der Waals surface area contributed by atoms with Crippen LogP contribution in [-0.2, 0) is 22.2 Å². The smallest absolute Gasteiger partial charge is 0.215 e. The van der Waals surface area contributed by atoms with Gasteiger partial charge in [-0.25, -0.2) is 21.9 Å². The van der Waals surface area contributed by atoms with Gasteiger partial charge in [-0.1, -0.05) is 18.2 Å². The maximum absolute atomic E-state index is 13.5. The van der Waals surface area contributed by atoms with Gasteiger partial charge in [0.25, 0.3) is 0 Å². The fourth-order valence-electron chi connectivity index (χ4n) is 2.07. The summed E-state index contributed by atoms with van der Waals surface area (Å²) in [6.07, 6.45) is 0.351. The Morgan fingerprint density at radius 1 is 1.04 bits per heavy atom. The van der Waals surface area contributed by atoms with Gasteiger partial charge in [0.2, 0.25) is 10.0 Å². The van der Waals surface area contributed by atoms with Crippen molar-refractivity contribution in [2.24, 2.45) is 0 Å². The zero-order valence-corrected chi connectivity index (χ0v) is 13.4. The summed E-state index contributed by atoms with van der Waals surface area (Å²) >= 11 is 0. The molecule has 7 heteroatoms. The average molecular weight is 341 g/mol. The number of sulfonamides is 1. The summed E-state index contributed by atoms with van der Waals surface area (Å²) in [6, 6.07) is 9.76. The second-order valence-corrected chi connectivity index (χ2v) is 6.81. The molecule has 1 N–H and O–H groups in total. The van der Waals surface area contributed by atoms with Crippen molar-refractivity contribution in [3.8, 4) is 5.75 Å². The molecule has 4 nitrogen and oxygen atoms in total.